The van der Waals surface area contributed by atoms with Crippen LogP contribution in [0.4, 0.5) is 11.4 Å². The second kappa shape index (κ2) is 8.96. The normalized spacial score (nSPS) is 12.7. The standard InChI is InChI=1S/C28H19ClN2O3/c29-23-17-20(31-27(33)21-13-7-8-14-22(21)28(31)34)15-16-24(23)30-26(32)25(18-9-3-1-4-10-18)19-11-5-2-6-12-19/h1-17,25H,(H,30,32). The van der Waals surface area contributed by atoms with E-state index in [-0.39, 0.29) is 10.9 Å². The molecule has 0 atom stereocenters. The molecule has 0 saturated carbocycles. The number of fused-ring (bicyclic) bond motifs is 1. The average Bonchev–Trinajstić information content (AvgIpc) is 3.12. The predicted octanol–water partition coefficient (Wildman–Crippen LogP) is 5.91. The molecule has 0 aliphatic carbocycles. The van der Waals surface area contributed by atoms with E-state index in [9.17, 15) is 14.4 Å². The number of amides is 3. The number of carbonyl (C=O) groups is 3. The van der Waals surface area contributed by atoms with Crippen LogP contribution in [0.1, 0.15) is 37.8 Å². The molecule has 6 heteroatoms. The van der Waals surface area contributed by atoms with Gasteiger partial charge in [0.05, 0.1) is 33.4 Å². The van der Waals surface area contributed by atoms with Gasteiger partial charge in [0.25, 0.3) is 11.8 Å². The maximum atomic E-state index is 13.4. The Labute approximate surface area is 201 Å². The number of imide groups is 1. The van der Waals surface area contributed by atoms with Crippen molar-refractivity contribution in [3.05, 3.63) is 130 Å². The Kier molecular flexibility index (Phi) is 5.70. The number of benzene rings is 4. The van der Waals surface area contributed by atoms with Gasteiger partial charge in [-0.15, -0.1) is 0 Å². The van der Waals surface area contributed by atoms with Crippen LogP contribution in [0.2, 0.25) is 5.02 Å². The average molecular weight is 467 g/mol. The molecule has 4 aromatic carbocycles. The SMILES string of the molecule is O=C(Nc1ccc(N2C(=O)c3ccccc3C2=O)cc1Cl)C(c1ccccc1)c1ccccc1. The minimum absolute atomic E-state index is 0.224. The fourth-order valence-corrected chi connectivity index (χ4v) is 4.38. The molecular formula is C28H19ClN2O3. The molecule has 0 fully saturated rings. The highest BCUT2D eigenvalue weighted by molar-refractivity contribution is 6.36. The van der Waals surface area contributed by atoms with Gasteiger partial charge < -0.3 is 5.32 Å². The number of rotatable bonds is 5. The van der Waals surface area contributed by atoms with Crippen LogP contribution in [0.15, 0.2) is 103 Å². The molecule has 1 heterocycles. The number of carbonyl (C=O) groups excluding carboxylic acids is 3. The van der Waals surface area contributed by atoms with Gasteiger partial charge in [-0.1, -0.05) is 84.4 Å². The lowest BCUT2D eigenvalue weighted by molar-refractivity contribution is -0.116. The van der Waals surface area contributed by atoms with Crippen LogP contribution in [-0.2, 0) is 4.79 Å². The Hall–Kier alpha value is -4.22. The lowest BCUT2D eigenvalue weighted by atomic mass is 9.90. The summed E-state index contributed by atoms with van der Waals surface area (Å²) in [7, 11) is 0. The van der Waals surface area contributed by atoms with Gasteiger partial charge in [0.1, 0.15) is 0 Å². The first-order valence-electron chi connectivity index (χ1n) is 10.7. The van der Waals surface area contributed by atoms with Gasteiger partial charge in [0.2, 0.25) is 5.91 Å². The van der Waals surface area contributed by atoms with E-state index in [1.165, 1.54) is 6.07 Å². The first-order valence-corrected chi connectivity index (χ1v) is 11.1. The summed E-state index contributed by atoms with van der Waals surface area (Å²) in [5, 5.41) is 3.13. The van der Waals surface area contributed by atoms with Crippen molar-refractivity contribution in [2.75, 3.05) is 10.2 Å². The van der Waals surface area contributed by atoms with Crippen molar-refractivity contribution in [3.63, 3.8) is 0 Å². The Morgan fingerprint density at radius 3 is 1.71 bits per heavy atom. The number of nitrogens with zero attached hydrogens (tertiary/aromatic N) is 1. The molecule has 1 aliphatic heterocycles. The molecule has 0 unspecified atom stereocenters. The molecule has 1 N–H and O–H groups in total. The number of nitrogens with one attached hydrogen (secondary N) is 1. The van der Waals surface area contributed by atoms with Crippen LogP contribution in [0.5, 0.6) is 0 Å². The topological polar surface area (TPSA) is 66.5 Å². The molecule has 0 aromatic heterocycles. The molecule has 0 radical (unpaired) electrons. The van der Waals surface area contributed by atoms with Crippen molar-refractivity contribution in [1.29, 1.82) is 0 Å². The van der Waals surface area contributed by atoms with Gasteiger partial charge >= 0.3 is 0 Å². The van der Waals surface area contributed by atoms with Crippen molar-refractivity contribution in [2.45, 2.75) is 5.92 Å². The maximum Gasteiger partial charge on any atom is 0.266 e. The van der Waals surface area contributed by atoms with Gasteiger partial charge in [-0.3, -0.25) is 14.4 Å². The molecule has 5 nitrogen and oxygen atoms in total. The molecule has 34 heavy (non-hydrogen) atoms. The highest BCUT2D eigenvalue weighted by atomic mass is 35.5. The summed E-state index contributed by atoms with van der Waals surface area (Å²) < 4.78 is 0. The molecule has 0 saturated heterocycles. The summed E-state index contributed by atoms with van der Waals surface area (Å²) in [4.78, 5) is 40.0. The van der Waals surface area contributed by atoms with E-state index in [4.69, 9.17) is 11.6 Å². The van der Waals surface area contributed by atoms with E-state index in [2.05, 4.69) is 5.32 Å². The Morgan fingerprint density at radius 2 is 1.21 bits per heavy atom. The third-order valence-corrected chi connectivity index (χ3v) is 6.10. The molecule has 4 aromatic rings. The van der Waals surface area contributed by atoms with Crippen molar-refractivity contribution >= 4 is 40.7 Å². The van der Waals surface area contributed by atoms with Crippen molar-refractivity contribution in [2.24, 2.45) is 0 Å². The molecule has 1 aliphatic rings. The van der Waals surface area contributed by atoms with Crippen molar-refractivity contribution in [1.82, 2.24) is 0 Å². The lowest BCUT2D eigenvalue weighted by Gasteiger charge is -2.19. The van der Waals surface area contributed by atoms with E-state index < -0.39 is 17.7 Å². The maximum absolute atomic E-state index is 13.4. The number of hydrogen-bond acceptors (Lipinski definition) is 3. The lowest BCUT2D eigenvalue weighted by Crippen LogP contribution is -2.29. The van der Waals surface area contributed by atoms with Crippen LogP contribution >= 0.6 is 11.6 Å². The van der Waals surface area contributed by atoms with Crippen LogP contribution < -0.4 is 10.2 Å². The second-order valence-corrected chi connectivity index (χ2v) is 8.31. The zero-order valence-corrected chi connectivity index (χ0v) is 18.7. The van der Waals surface area contributed by atoms with E-state index >= 15 is 0 Å². The molecule has 0 spiro atoms. The smallest absolute Gasteiger partial charge is 0.266 e. The molecule has 5 rings (SSSR count). The largest absolute Gasteiger partial charge is 0.324 e. The summed E-state index contributed by atoms with van der Waals surface area (Å²) in [6.45, 7) is 0. The first-order chi connectivity index (χ1) is 16.5. The fraction of sp³-hybridized carbons (Fsp3) is 0.0357. The van der Waals surface area contributed by atoms with Crippen molar-refractivity contribution in [3.8, 4) is 0 Å². The van der Waals surface area contributed by atoms with Crippen LogP contribution in [0, 0.1) is 0 Å². The minimum Gasteiger partial charge on any atom is -0.324 e. The third kappa shape index (κ3) is 3.87. The van der Waals surface area contributed by atoms with Gasteiger partial charge in [-0.05, 0) is 41.5 Å². The summed E-state index contributed by atoms with van der Waals surface area (Å²) in [5.41, 5.74) is 3.15. The highest BCUT2D eigenvalue weighted by Gasteiger charge is 2.36. The molecular weight excluding hydrogens is 448 g/mol. The van der Waals surface area contributed by atoms with E-state index in [0.717, 1.165) is 16.0 Å². The number of anilines is 2. The third-order valence-electron chi connectivity index (χ3n) is 5.79. The van der Waals surface area contributed by atoms with Crippen LogP contribution in [-0.4, -0.2) is 17.7 Å². The summed E-state index contributed by atoms with van der Waals surface area (Å²) in [6, 6.07) is 30.4. The molecule has 166 valence electrons. The van der Waals surface area contributed by atoms with Gasteiger partial charge in [0.15, 0.2) is 0 Å². The van der Waals surface area contributed by atoms with E-state index in [1.54, 1.807) is 36.4 Å². The monoisotopic (exact) mass is 466 g/mol. The summed E-state index contributed by atoms with van der Waals surface area (Å²) in [5.74, 6) is -1.58. The summed E-state index contributed by atoms with van der Waals surface area (Å²) in [6.07, 6.45) is 0. The predicted molar refractivity (Wildman–Crippen MR) is 132 cm³/mol. The quantitative estimate of drug-likeness (QED) is 0.372. The Balaban J connectivity index is 1.43. The molecule has 3 amide bonds. The summed E-state index contributed by atoms with van der Waals surface area (Å²) >= 11 is 6.49. The Morgan fingerprint density at radius 1 is 0.706 bits per heavy atom. The molecule has 0 bridgehead atoms. The highest BCUT2D eigenvalue weighted by Crippen LogP contribution is 2.34. The fourth-order valence-electron chi connectivity index (χ4n) is 4.16. The zero-order chi connectivity index (χ0) is 23.7. The van der Waals surface area contributed by atoms with Crippen molar-refractivity contribution < 1.29 is 14.4 Å². The second-order valence-electron chi connectivity index (χ2n) is 7.90. The van der Waals surface area contributed by atoms with Crippen LogP contribution in [0.25, 0.3) is 0 Å². The zero-order valence-electron chi connectivity index (χ0n) is 17.9. The number of hydrogen-bond donors (Lipinski definition) is 1. The minimum atomic E-state index is -0.533. The van der Waals surface area contributed by atoms with Gasteiger partial charge in [-0.2, -0.15) is 0 Å². The van der Waals surface area contributed by atoms with Crippen LogP contribution in [0.3, 0.4) is 0 Å². The van der Waals surface area contributed by atoms with Gasteiger partial charge in [-0.25, -0.2) is 4.90 Å². The Bertz CT molecular complexity index is 1330. The van der Waals surface area contributed by atoms with E-state index in [1.807, 2.05) is 60.7 Å². The van der Waals surface area contributed by atoms with E-state index in [0.29, 0.717) is 22.5 Å². The van der Waals surface area contributed by atoms with Gasteiger partial charge in [0, 0.05) is 0 Å². The first kappa shape index (κ1) is 21.6. The number of halogens is 1.